The lowest BCUT2D eigenvalue weighted by Gasteiger charge is -2.39. The summed E-state index contributed by atoms with van der Waals surface area (Å²) in [5.41, 5.74) is 2.78. The maximum Gasteiger partial charge on any atom is 0.208 e. The summed E-state index contributed by atoms with van der Waals surface area (Å²) < 4.78 is 0. The van der Waals surface area contributed by atoms with Crippen LogP contribution in [0.2, 0.25) is 0 Å². The molecule has 0 unspecified atom stereocenters. The molecule has 0 aromatic carbocycles. The quantitative estimate of drug-likeness (QED) is 0.325. The van der Waals surface area contributed by atoms with Crippen LogP contribution < -0.4 is 11.3 Å². The SMILES string of the molecule is NNC(=NC1CC1)N1CCN(C2CCCC2)CC1. The number of piperazine rings is 1. The van der Waals surface area contributed by atoms with Gasteiger partial charge in [0, 0.05) is 32.2 Å². The van der Waals surface area contributed by atoms with Crippen molar-refractivity contribution in [2.75, 3.05) is 26.2 Å². The summed E-state index contributed by atoms with van der Waals surface area (Å²) in [6.07, 6.45) is 8.10. The highest BCUT2D eigenvalue weighted by Crippen LogP contribution is 2.25. The number of rotatable bonds is 2. The van der Waals surface area contributed by atoms with Gasteiger partial charge in [-0.05, 0) is 25.7 Å². The first-order chi connectivity index (χ1) is 8.86. The van der Waals surface area contributed by atoms with Crippen molar-refractivity contribution in [3.05, 3.63) is 0 Å². The van der Waals surface area contributed by atoms with Crippen LogP contribution in [-0.2, 0) is 0 Å². The van der Waals surface area contributed by atoms with Crippen molar-refractivity contribution in [2.45, 2.75) is 50.6 Å². The van der Waals surface area contributed by atoms with E-state index in [0.29, 0.717) is 6.04 Å². The van der Waals surface area contributed by atoms with Crippen molar-refractivity contribution in [1.29, 1.82) is 0 Å². The van der Waals surface area contributed by atoms with E-state index in [-0.39, 0.29) is 0 Å². The van der Waals surface area contributed by atoms with Gasteiger partial charge in [0.25, 0.3) is 0 Å². The minimum atomic E-state index is 0.531. The van der Waals surface area contributed by atoms with Crippen molar-refractivity contribution in [3.63, 3.8) is 0 Å². The fourth-order valence-corrected chi connectivity index (χ4v) is 3.16. The Morgan fingerprint density at radius 3 is 2.22 bits per heavy atom. The second-order valence-corrected chi connectivity index (χ2v) is 5.79. The fraction of sp³-hybridized carbons (Fsp3) is 0.923. The summed E-state index contributed by atoms with van der Waals surface area (Å²) in [5.74, 6) is 6.51. The molecule has 0 aromatic heterocycles. The molecular weight excluding hydrogens is 226 g/mol. The van der Waals surface area contributed by atoms with Crippen LogP contribution in [-0.4, -0.2) is 54.0 Å². The topological polar surface area (TPSA) is 56.9 Å². The van der Waals surface area contributed by atoms with Gasteiger partial charge in [-0.25, -0.2) is 10.8 Å². The van der Waals surface area contributed by atoms with Gasteiger partial charge in [-0.2, -0.15) is 0 Å². The van der Waals surface area contributed by atoms with Gasteiger partial charge < -0.3 is 4.90 Å². The third-order valence-corrected chi connectivity index (χ3v) is 4.44. The van der Waals surface area contributed by atoms with Crippen LogP contribution in [0.4, 0.5) is 0 Å². The Labute approximate surface area is 109 Å². The van der Waals surface area contributed by atoms with Crippen LogP contribution >= 0.6 is 0 Å². The molecule has 1 saturated heterocycles. The van der Waals surface area contributed by atoms with E-state index in [4.69, 9.17) is 5.84 Å². The number of hydrazine groups is 1. The smallest absolute Gasteiger partial charge is 0.208 e. The zero-order valence-corrected chi connectivity index (χ0v) is 11.1. The fourth-order valence-electron chi connectivity index (χ4n) is 3.16. The molecule has 102 valence electrons. The molecule has 3 fully saturated rings. The molecule has 3 aliphatic rings. The second kappa shape index (κ2) is 5.45. The molecule has 0 bridgehead atoms. The maximum atomic E-state index is 5.60. The van der Waals surface area contributed by atoms with Gasteiger partial charge in [0.05, 0.1) is 6.04 Å². The van der Waals surface area contributed by atoms with E-state index >= 15 is 0 Å². The van der Waals surface area contributed by atoms with Crippen molar-refractivity contribution < 1.29 is 0 Å². The molecule has 5 heteroatoms. The zero-order valence-electron chi connectivity index (χ0n) is 11.1. The Hall–Kier alpha value is -0.810. The standard InChI is InChI=1S/C13H25N5/c14-16-13(15-11-5-6-11)18-9-7-17(8-10-18)12-3-1-2-4-12/h11-12H,1-10,14H2,(H,15,16). The molecule has 1 heterocycles. The van der Waals surface area contributed by atoms with E-state index in [1.54, 1.807) is 0 Å². The van der Waals surface area contributed by atoms with Gasteiger partial charge >= 0.3 is 0 Å². The van der Waals surface area contributed by atoms with Crippen LogP contribution in [0, 0.1) is 0 Å². The third kappa shape index (κ3) is 2.78. The summed E-state index contributed by atoms with van der Waals surface area (Å²) >= 11 is 0. The van der Waals surface area contributed by atoms with E-state index in [1.165, 1.54) is 38.5 Å². The number of nitrogens with two attached hydrogens (primary N) is 1. The zero-order chi connectivity index (χ0) is 12.4. The number of hydrogen-bond acceptors (Lipinski definition) is 3. The van der Waals surface area contributed by atoms with E-state index in [2.05, 4.69) is 20.2 Å². The van der Waals surface area contributed by atoms with Crippen LogP contribution in [0.15, 0.2) is 4.99 Å². The Kier molecular flexibility index (Phi) is 3.70. The van der Waals surface area contributed by atoms with Gasteiger partial charge in [0.1, 0.15) is 0 Å². The minimum absolute atomic E-state index is 0.531. The summed E-state index contributed by atoms with van der Waals surface area (Å²) in [7, 11) is 0. The molecule has 0 radical (unpaired) electrons. The number of nitrogens with one attached hydrogen (secondary N) is 1. The lowest BCUT2D eigenvalue weighted by molar-refractivity contribution is 0.132. The summed E-state index contributed by atoms with van der Waals surface area (Å²) in [4.78, 5) is 9.61. The maximum absolute atomic E-state index is 5.60. The molecule has 1 aliphatic heterocycles. The lowest BCUT2D eigenvalue weighted by Crippen LogP contribution is -2.55. The van der Waals surface area contributed by atoms with Crippen LogP contribution in [0.25, 0.3) is 0 Å². The predicted molar refractivity (Wildman–Crippen MR) is 73.2 cm³/mol. The predicted octanol–water partition coefficient (Wildman–Crippen LogP) is 0.528. The molecule has 18 heavy (non-hydrogen) atoms. The molecule has 3 N–H and O–H groups in total. The monoisotopic (exact) mass is 251 g/mol. The van der Waals surface area contributed by atoms with E-state index in [9.17, 15) is 0 Å². The first-order valence-corrected chi connectivity index (χ1v) is 7.40. The summed E-state index contributed by atoms with van der Waals surface area (Å²) in [6, 6.07) is 1.38. The van der Waals surface area contributed by atoms with Gasteiger partial charge in [0.2, 0.25) is 5.96 Å². The van der Waals surface area contributed by atoms with Gasteiger partial charge in [-0.1, -0.05) is 12.8 Å². The van der Waals surface area contributed by atoms with Gasteiger partial charge in [-0.3, -0.25) is 10.3 Å². The highest BCUT2D eigenvalue weighted by Gasteiger charge is 2.28. The number of nitrogens with zero attached hydrogens (tertiary/aromatic N) is 3. The molecule has 0 aromatic rings. The Morgan fingerprint density at radius 2 is 1.67 bits per heavy atom. The van der Waals surface area contributed by atoms with Crippen molar-refractivity contribution in [2.24, 2.45) is 10.8 Å². The molecule has 2 saturated carbocycles. The Balaban J connectivity index is 1.52. The molecule has 2 aliphatic carbocycles. The summed E-state index contributed by atoms with van der Waals surface area (Å²) in [5, 5.41) is 0. The minimum Gasteiger partial charge on any atom is -0.339 e. The molecule has 0 amide bonds. The van der Waals surface area contributed by atoms with Crippen molar-refractivity contribution in [1.82, 2.24) is 15.2 Å². The Morgan fingerprint density at radius 1 is 1.00 bits per heavy atom. The largest absolute Gasteiger partial charge is 0.339 e. The van der Waals surface area contributed by atoms with Gasteiger partial charge in [0.15, 0.2) is 0 Å². The Bertz CT molecular complexity index is 299. The summed E-state index contributed by atoms with van der Waals surface area (Å²) in [6.45, 7) is 4.45. The normalized spacial score (nSPS) is 27.8. The molecule has 3 rings (SSSR count). The number of hydrogen-bond donors (Lipinski definition) is 2. The third-order valence-electron chi connectivity index (χ3n) is 4.44. The first kappa shape index (κ1) is 12.2. The van der Waals surface area contributed by atoms with Crippen LogP contribution in [0.5, 0.6) is 0 Å². The van der Waals surface area contributed by atoms with E-state index < -0.39 is 0 Å². The van der Waals surface area contributed by atoms with Crippen LogP contribution in [0.1, 0.15) is 38.5 Å². The molecule has 0 spiro atoms. The highest BCUT2D eigenvalue weighted by atomic mass is 15.4. The highest BCUT2D eigenvalue weighted by molar-refractivity contribution is 5.79. The first-order valence-electron chi connectivity index (χ1n) is 7.40. The molecule has 5 nitrogen and oxygen atoms in total. The van der Waals surface area contributed by atoms with E-state index in [1.807, 2.05) is 0 Å². The molecule has 0 atom stereocenters. The lowest BCUT2D eigenvalue weighted by atomic mass is 10.2. The molecular formula is C13H25N5. The van der Waals surface area contributed by atoms with Crippen LogP contribution in [0.3, 0.4) is 0 Å². The average molecular weight is 251 g/mol. The average Bonchev–Trinajstić information content (AvgIpc) is 3.07. The second-order valence-electron chi connectivity index (χ2n) is 5.79. The van der Waals surface area contributed by atoms with Gasteiger partial charge in [-0.15, -0.1) is 0 Å². The van der Waals surface area contributed by atoms with Crippen molar-refractivity contribution in [3.8, 4) is 0 Å². The van der Waals surface area contributed by atoms with Crippen molar-refractivity contribution >= 4 is 5.96 Å². The van der Waals surface area contributed by atoms with E-state index in [0.717, 1.165) is 38.2 Å². The number of guanidine groups is 1. The number of aliphatic imine (C=N–C) groups is 1.